The Balaban J connectivity index is 2.98. The average Bonchev–Trinajstić information content (AvgIpc) is 2.38. The van der Waals surface area contributed by atoms with Gasteiger partial charge in [0.2, 0.25) is 0 Å². The molecule has 1 aromatic carbocycles. The summed E-state index contributed by atoms with van der Waals surface area (Å²) >= 11 is 0. The molecule has 1 rings (SSSR count). The van der Waals surface area contributed by atoms with Gasteiger partial charge in [0, 0.05) is 31.8 Å². The molecule has 0 aliphatic carbocycles. The van der Waals surface area contributed by atoms with E-state index in [0.29, 0.717) is 18.8 Å². The van der Waals surface area contributed by atoms with Gasteiger partial charge in [-0.25, -0.2) is 0 Å². The van der Waals surface area contributed by atoms with Crippen LogP contribution in [0.3, 0.4) is 0 Å². The van der Waals surface area contributed by atoms with Crippen molar-refractivity contribution >= 4 is 0 Å². The van der Waals surface area contributed by atoms with E-state index in [4.69, 9.17) is 19.9 Å². The summed E-state index contributed by atoms with van der Waals surface area (Å²) in [7, 11) is 4.86. The number of rotatable bonds is 7. The lowest BCUT2D eigenvalue weighted by atomic mass is 10.1. The first-order chi connectivity index (χ1) is 8.26. The predicted octanol–water partition coefficient (Wildman–Crippen LogP) is 0.761. The van der Waals surface area contributed by atoms with Crippen molar-refractivity contribution in [2.24, 2.45) is 5.73 Å². The molecule has 0 aliphatic heterocycles. The third-order valence-corrected chi connectivity index (χ3v) is 2.44. The molecule has 3 N–H and O–H groups in total. The third-order valence-electron chi connectivity index (χ3n) is 2.44. The topological polar surface area (TPSA) is 65.7 Å². The monoisotopic (exact) mass is 240 g/mol. The standard InChI is InChI=1S/C12H20N2O3/c1-15-9-6-11(16-2)10(8-14-5-4-13)12(7-9)17-3/h6-7,14H,4-5,8,13H2,1-3H3. The van der Waals surface area contributed by atoms with Crippen LogP contribution in [0, 0.1) is 0 Å². The molecule has 5 heteroatoms. The minimum Gasteiger partial charge on any atom is -0.496 e. The van der Waals surface area contributed by atoms with Gasteiger partial charge in [0.1, 0.15) is 17.2 Å². The molecule has 0 aliphatic rings. The quantitative estimate of drug-likeness (QED) is 0.689. The van der Waals surface area contributed by atoms with Crippen molar-refractivity contribution in [1.29, 1.82) is 0 Å². The highest BCUT2D eigenvalue weighted by Gasteiger charge is 2.12. The van der Waals surface area contributed by atoms with Crippen molar-refractivity contribution in [3.8, 4) is 17.2 Å². The van der Waals surface area contributed by atoms with Crippen molar-refractivity contribution in [3.05, 3.63) is 17.7 Å². The van der Waals surface area contributed by atoms with E-state index < -0.39 is 0 Å². The lowest BCUT2D eigenvalue weighted by molar-refractivity contribution is 0.366. The van der Waals surface area contributed by atoms with E-state index in [2.05, 4.69) is 5.32 Å². The first-order valence-electron chi connectivity index (χ1n) is 5.46. The molecule has 5 nitrogen and oxygen atoms in total. The molecule has 0 atom stereocenters. The van der Waals surface area contributed by atoms with Gasteiger partial charge in [-0.05, 0) is 0 Å². The van der Waals surface area contributed by atoms with Gasteiger partial charge in [-0.1, -0.05) is 0 Å². The summed E-state index contributed by atoms with van der Waals surface area (Å²) in [6, 6.07) is 3.67. The second kappa shape index (κ2) is 6.98. The van der Waals surface area contributed by atoms with Crippen LogP contribution in [-0.4, -0.2) is 34.4 Å². The molecule has 0 fully saturated rings. The van der Waals surface area contributed by atoms with Gasteiger partial charge in [0.15, 0.2) is 0 Å². The smallest absolute Gasteiger partial charge is 0.130 e. The molecule has 0 bridgehead atoms. The second-order valence-corrected chi connectivity index (χ2v) is 3.48. The summed E-state index contributed by atoms with van der Waals surface area (Å²) in [4.78, 5) is 0. The summed E-state index contributed by atoms with van der Waals surface area (Å²) in [6.07, 6.45) is 0. The molecule has 0 aromatic heterocycles. The van der Waals surface area contributed by atoms with Crippen LogP contribution >= 0.6 is 0 Å². The first kappa shape index (κ1) is 13.6. The van der Waals surface area contributed by atoms with E-state index >= 15 is 0 Å². The molecule has 1 aromatic rings. The summed E-state index contributed by atoms with van der Waals surface area (Å²) < 4.78 is 15.8. The van der Waals surface area contributed by atoms with Crippen molar-refractivity contribution in [3.63, 3.8) is 0 Å². The molecule has 0 heterocycles. The number of methoxy groups -OCH3 is 3. The van der Waals surface area contributed by atoms with Gasteiger partial charge in [0.05, 0.1) is 26.9 Å². The molecular formula is C12H20N2O3. The van der Waals surface area contributed by atoms with E-state index in [1.165, 1.54) is 0 Å². The summed E-state index contributed by atoms with van der Waals surface area (Å²) in [5, 5.41) is 3.21. The highest BCUT2D eigenvalue weighted by Crippen LogP contribution is 2.33. The maximum absolute atomic E-state index is 5.43. The minimum atomic E-state index is 0.598. The Hall–Kier alpha value is -1.46. The Bertz CT molecular complexity index is 331. The summed E-state index contributed by atoms with van der Waals surface area (Å²) in [5.74, 6) is 2.19. The Kier molecular flexibility index (Phi) is 5.59. The van der Waals surface area contributed by atoms with E-state index in [9.17, 15) is 0 Å². The average molecular weight is 240 g/mol. The molecular weight excluding hydrogens is 220 g/mol. The number of nitrogens with two attached hydrogens (primary N) is 1. The molecule has 0 spiro atoms. The Morgan fingerprint density at radius 2 is 1.65 bits per heavy atom. The first-order valence-corrected chi connectivity index (χ1v) is 5.46. The van der Waals surface area contributed by atoms with Crippen LogP contribution in [0.25, 0.3) is 0 Å². The minimum absolute atomic E-state index is 0.598. The van der Waals surface area contributed by atoms with Gasteiger partial charge in [-0.3, -0.25) is 0 Å². The molecule has 0 amide bonds. The zero-order chi connectivity index (χ0) is 12.7. The van der Waals surface area contributed by atoms with Crippen LogP contribution in [0.1, 0.15) is 5.56 Å². The fraction of sp³-hybridized carbons (Fsp3) is 0.500. The zero-order valence-corrected chi connectivity index (χ0v) is 10.6. The van der Waals surface area contributed by atoms with Crippen molar-refractivity contribution < 1.29 is 14.2 Å². The van der Waals surface area contributed by atoms with Gasteiger partial charge >= 0.3 is 0 Å². The number of hydrogen-bond acceptors (Lipinski definition) is 5. The molecule has 96 valence electrons. The highest BCUT2D eigenvalue weighted by molar-refractivity contribution is 5.50. The van der Waals surface area contributed by atoms with Crippen LogP contribution < -0.4 is 25.3 Å². The van der Waals surface area contributed by atoms with Gasteiger partial charge in [-0.15, -0.1) is 0 Å². The van der Waals surface area contributed by atoms with E-state index in [1.54, 1.807) is 21.3 Å². The maximum Gasteiger partial charge on any atom is 0.130 e. The van der Waals surface area contributed by atoms with E-state index in [0.717, 1.165) is 23.6 Å². The van der Waals surface area contributed by atoms with Crippen molar-refractivity contribution in [2.45, 2.75) is 6.54 Å². The largest absolute Gasteiger partial charge is 0.496 e. The molecule has 0 radical (unpaired) electrons. The molecule has 0 saturated heterocycles. The van der Waals surface area contributed by atoms with Gasteiger partial charge in [0.25, 0.3) is 0 Å². The summed E-state index contributed by atoms with van der Waals surface area (Å²) in [5.41, 5.74) is 6.40. The van der Waals surface area contributed by atoms with E-state index in [1.807, 2.05) is 12.1 Å². The molecule has 0 saturated carbocycles. The zero-order valence-electron chi connectivity index (χ0n) is 10.6. The van der Waals surface area contributed by atoms with E-state index in [-0.39, 0.29) is 0 Å². The van der Waals surface area contributed by atoms with Crippen LogP contribution in [0.2, 0.25) is 0 Å². The van der Waals surface area contributed by atoms with Crippen LogP contribution in [0.15, 0.2) is 12.1 Å². The molecule has 0 unspecified atom stereocenters. The maximum atomic E-state index is 5.43. The Morgan fingerprint density at radius 1 is 1.06 bits per heavy atom. The highest BCUT2D eigenvalue weighted by atomic mass is 16.5. The van der Waals surface area contributed by atoms with Crippen LogP contribution in [0.5, 0.6) is 17.2 Å². The van der Waals surface area contributed by atoms with Gasteiger partial charge in [-0.2, -0.15) is 0 Å². The van der Waals surface area contributed by atoms with Crippen LogP contribution in [-0.2, 0) is 6.54 Å². The molecule has 17 heavy (non-hydrogen) atoms. The summed E-state index contributed by atoms with van der Waals surface area (Å²) in [6.45, 7) is 1.99. The number of benzene rings is 1. The van der Waals surface area contributed by atoms with Gasteiger partial charge < -0.3 is 25.3 Å². The number of hydrogen-bond donors (Lipinski definition) is 2. The fourth-order valence-corrected chi connectivity index (χ4v) is 1.57. The third kappa shape index (κ3) is 3.51. The lowest BCUT2D eigenvalue weighted by Gasteiger charge is -2.15. The van der Waals surface area contributed by atoms with Crippen molar-refractivity contribution in [2.75, 3.05) is 34.4 Å². The number of nitrogens with one attached hydrogen (secondary N) is 1. The van der Waals surface area contributed by atoms with Crippen LogP contribution in [0.4, 0.5) is 0 Å². The normalized spacial score (nSPS) is 10.1. The fourth-order valence-electron chi connectivity index (χ4n) is 1.57. The Labute approximate surface area is 102 Å². The SMILES string of the molecule is COc1cc(OC)c(CNCCN)c(OC)c1. The lowest BCUT2D eigenvalue weighted by Crippen LogP contribution is -2.22. The second-order valence-electron chi connectivity index (χ2n) is 3.48. The van der Waals surface area contributed by atoms with Crippen molar-refractivity contribution in [1.82, 2.24) is 5.32 Å². The number of ether oxygens (including phenoxy) is 3. The predicted molar refractivity (Wildman–Crippen MR) is 66.9 cm³/mol. The Morgan fingerprint density at radius 3 is 2.06 bits per heavy atom.